The van der Waals surface area contributed by atoms with Gasteiger partial charge in [0, 0.05) is 11.9 Å². The van der Waals surface area contributed by atoms with Gasteiger partial charge in [-0.2, -0.15) is 23.5 Å². The molecule has 0 saturated heterocycles. The minimum absolute atomic E-state index is 0.167. The lowest BCUT2D eigenvalue weighted by Crippen LogP contribution is -2.31. The lowest BCUT2D eigenvalue weighted by molar-refractivity contribution is -0.137. The van der Waals surface area contributed by atoms with Crippen molar-refractivity contribution >= 4 is 27.5 Å². The summed E-state index contributed by atoms with van der Waals surface area (Å²) in [5.74, 6) is -0.889. The zero-order chi connectivity index (χ0) is 17.9. The number of aliphatic hydroxyl groups is 1. The Morgan fingerprint density at radius 2 is 2.21 bits per heavy atom. The van der Waals surface area contributed by atoms with Gasteiger partial charge in [-0.15, -0.1) is 0 Å². The fourth-order valence-corrected chi connectivity index (χ4v) is 2.21. The third-order valence-corrected chi connectivity index (χ3v) is 3.39. The Hall–Kier alpha value is -2.38. The van der Waals surface area contributed by atoms with Gasteiger partial charge in [-0.05, 0) is 34.1 Å². The molecule has 0 fully saturated rings. The number of carbonyl (C=O) groups is 1. The SMILES string of the molecule is N#Cc1ccc(NC(=O)[C@@H](O)Cn2cc(Br)cn2)cc1C(F)(F)F. The lowest BCUT2D eigenvalue weighted by Gasteiger charge is -2.14. The summed E-state index contributed by atoms with van der Waals surface area (Å²) in [7, 11) is 0. The van der Waals surface area contributed by atoms with E-state index in [9.17, 15) is 23.1 Å². The zero-order valence-electron chi connectivity index (χ0n) is 11.9. The number of hydrogen-bond acceptors (Lipinski definition) is 4. The maximum Gasteiger partial charge on any atom is 0.417 e. The molecule has 1 heterocycles. The number of anilines is 1. The van der Waals surface area contributed by atoms with Crippen LogP contribution in [0.4, 0.5) is 18.9 Å². The van der Waals surface area contributed by atoms with Crippen molar-refractivity contribution < 1.29 is 23.1 Å². The number of aliphatic hydroxyl groups excluding tert-OH is 1. The van der Waals surface area contributed by atoms with Gasteiger partial charge < -0.3 is 10.4 Å². The first-order valence-corrected chi connectivity index (χ1v) is 7.28. The number of aromatic nitrogens is 2. The highest BCUT2D eigenvalue weighted by Gasteiger charge is 2.34. The van der Waals surface area contributed by atoms with Crippen molar-refractivity contribution in [2.75, 3.05) is 5.32 Å². The number of alkyl halides is 3. The van der Waals surface area contributed by atoms with E-state index >= 15 is 0 Å². The van der Waals surface area contributed by atoms with E-state index in [1.54, 1.807) is 0 Å². The predicted octanol–water partition coefficient (Wildman–Crippen LogP) is 2.54. The summed E-state index contributed by atoms with van der Waals surface area (Å²) in [6.07, 6.45) is -3.26. The van der Waals surface area contributed by atoms with Crippen LogP contribution >= 0.6 is 15.9 Å². The summed E-state index contributed by atoms with van der Waals surface area (Å²) in [6, 6.07) is 4.20. The fraction of sp³-hybridized carbons (Fsp3) is 0.214. The highest BCUT2D eigenvalue weighted by atomic mass is 79.9. The van der Waals surface area contributed by atoms with Crippen molar-refractivity contribution in [3.63, 3.8) is 0 Å². The molecule has 0 aliphatic heterocycles. The maximum atomic E-state index is 12.9. The van der Waals surface area contributed by atoms with Gasteiger partial charge in [0.15, 0.2) is 6.10 Å². The maximum absolute atomic E-state index is 12.9. The van der Waals surface area contributed by atoms with Gasteiger partial charge in [0.25, 0.3) is 5.91 Å². The first-order chi connectivity index (χ1) is 11.2. The Morgan fingerprint density at radius 1 is 1.50 bits per heavy atom. The molecule has 0 unspecified atom stereocenters. The predicted molar refractivity (Wildman–Crippen MR) is 80.7 cm³/mol. The van der Waals surface area contributed by atoms with E-state index in [0.717, 1.165) is 12.1 Å². The quantitative estimate of drug-likeness (QED) is 0.821. The number of nitrogens with one attached hydrogen (secondary N) is 1. The van der Waals surface area contributed by atoms with E-state index in [0.29, 0.717) is 10.5 Å². The summed E-state index contributed by atoms with van der Waals surface area (Å²) >= 11 is 3.15. The Labute approximate surface area is 142 Å². The molecule has 0 spiro atoms. The Morgan fingerprint density at radius 3 is 2.75 bits per heavy atom. The Kier molecular flexibility index (Phi) is 5.26. The first-order valence-electron chi connectivity index (χ1n) is 6.49. The molecule has 0 aliphatic rings. The van der Waals surface area contributed by atoms with Crippen LogP contribution in [0.3, 0.4) is 0 Å². The number of carbonyl (C=O) groups excluding carboxylic acids is 1. The summed E-state index contributed by atoms with van der Waals surface area (Å²) in [5.41, 5.74) is -1.89. The van der Waals surface area contributed by atoms with Crippen molar-refractivity contribution in [3.8, 4) is 6.07 Å². The molecule has 0 radical (unpaired) electrons. The number of rotatable bonds is 4. The van der Waals surface area contributed by atoms with Crippen LogP contribution in [-0.4, -0.2) is 26.9 Å². The number of nitrogens with zero attached hydrogens (tertiary/aromatic N) is 3. The normalized spacial score (nSPS) is 12.5. The first kappa shape index (κ1) is 18.0. The number of nitriles is 1. The molecule has 2 N–H and O–H groups in total. The average Bonchev–Trinajstić information content (AvgIpc) is 2.91. The van der Waals surface area contributed by atoms with Crippen LogP contribution < -0.4 is 5.32 Å². The standard InChI is InChI=1S/C14H10BrF3N4O2/c15-9-5-20-22(6-9)7-12(23)13(24)21-10-2-1-8(4-19)11(3-10)14(16,17)18/h1-3,5-6,12,23H,7H2,(H,21,24)/t12-/m0/s1. The van der Waals surface area contributed by atoms with Gasteiger partial charge in [0.2, 0.25) is 0 Å². The topological polar surface area (TPSA) is 90.9 Å². The third kappa shape index (κ3) is 4.33. The third-order valence-electron chi connectivity index (χ3n) is 2.98. The molecule has 1 aromatic heterocycles. The van der Waals surface area contributed by atoms with Crippen molar-refractivity contribution in [1.29, 1.82) is 5.26 Å². The summed E-state index contributed by atoms with van der Waals surface area (Å²) in [4.78, 5) is 11.9. The van der Waals surface area contributed by atoms with Crippen molar-refractivity contribution in [2.45, 2.75) is 18.8 Å². The van der Waals surface area contributed by atoms with E-state index in [1.807, 2.05) is 0 Å². The van der Waals surface area contributed by atoms with E-state index in [1.165, 1.54) is 23.1 Å². The molecule has 2 aromatic rings. The minimum atomic E-state index is -4.73. The second-order valence-electron chi connectivity index (χ2n) is 4.76. The van der Waals surface area contributed by atoms with Gasteiger partial charge in [-0.1, -0.05) is 0 Å². The van der Waals surface area contributed by atoms with E-state index in [4.69, 9.17) is 5.26 Å². The number of hydrogen-bond donors (Lipinski definition) is 2. The number of amides is 1. The summed E-state index contributed by atoms with van der Waals surface area (Å²) < 4.78 is 40.6. The minimum Gasteiger partial charge on any atom is -0.381 e. The van der Waals surface area contributed by atoms with Crippen molar-refractivity contribution in [1.82, 2.24) is 9.78 Å². The van der Waals surface area contributed by atoms with Crippen LogP contribution in [0.25, 0.3) is 0 Å². The second kappa shape index (κ2) is 7.02. The fourth-order valence-electron chi connectivity index (χ4n) is 1.88. The molecule has 2 rings (SSSR count). The zero-order valence-corrected chi connectivity index (χ0v) is 13.5. The average molecular weight is 403 g/mol. The van der Waals surface area contributed by atoms with Gasteiger partial charge >= 0.3 is 6.18 Å². The molecule has 1 aromatic carbocycles. The molecule has 0 bridgehead atoms. The van der Waals surface area contributed by atoms with Crippen molar-refractivity contribution in [2.24, 2.45) is 0 Å². The molecule has 126 valence electrons. The molecule has 24 heavy (non-hydrogen) atoms. The van der Waals surface area contributed by atoms with E-state index in [-0.39, 0.29) is 12.2 Å². The summed E-state index contributed by atoms with van der Waals surface area (Å²) in [6.45, 7) is -0.167. The van der Waals surface area contributed by atoms with Gasteiger partial charge in [-0.25, -0.2) is 0 Å². The molecule has 1 amide bonds. The molecular formula is C14H10BrF3N4O2. The molecule has 1 atom stereocenters. The molecule has 10 heteroatoms. The van der Waals surface area contributed by atoms with Gasteiger partial charge in [0.1, 0.15) is 0 Å². The van der Waals surface area contributed by atoms with Crippen LogP contribution in [0.1, 0.15) is 11.1 Å². The van der Waals surface area contributed by atoms with Crippen LogP contribution in [0.15, 0.2) is 35.1 Å². The summed E-state index contributed by atoms with van der Waals surface area (Å²) in [5, 5.41) is 24.6. The molecule has 0 aliphatic carbocycles. The second-order valence-corrected chi connectivity index (χ2v) is 5.67. The smallest absolute Gasteiger partial charge is 0.381 e. The van der Waals surface area contributed by atoms with Gasteiger partial charge in [0.05, 0.1) is 34.4 Å². The van der Waals surface area contributed by atoms with Gasteiger partial charge in [-0.3, -0.25) is 9.48 Å². The molecule has 6 nitrogen and oxygen atoms in total. The van der Waals surface area contributed by atoms with Crippen LogP contribution in [0.5, 0.6) is 0 Å². The largest absolute Gasteiger partial charge is 0.417 e. The van der Waals surface area contributed by atoms with Crippen molar-refractivity contribution in [3.05, 3.63) is 46.2 Å². The highest BCUT2D eigenvalue weighted by molar-refractivity contribution is 9.10. The highest BCUT2D eigenvalue weighted by Crippen LogP contribution is 2.33. The van der Waals surface area contributed by atoms with Crippen LogP contribution in [0.2, 0.25) is 0 Å². The Balaban J connectivity index is 2.12. The number of halogens is 4. The van der Waals surface area contributed by atoms with Crippen LogP contribution in [0, 0.1) is 11.3 Å². The Bertz CT molecular complexity index is 798. The monoisotopic (exact) mass is 402 g/mol. The molecular weight excluding hydrogens is 393 g/mol. The number of benzene rings is 1. The molecule has 0 saturated carbocycles. The van der Waals surface area contributed by atoms with E-state index in [2.05, 4.69) is 26.3 Å². The van der Waals surface area contributed by atoms with E-state index < -0.39 is 29.3 Å². The van der Waals surface area contributed by atoms with Crippen LogP contribution in [-0.2, 0) is 17.5 Å². The lowest BCUT2D eigenvalue weighted by atomic mass is 10.1.